The Balaban J connectivity index is 2.47. The first kappa shape index (κ1) is 10.9. The van der Waals surface area contributed by atoms with Crippen molar-refractivity contribution in [1.82, 2.24) is 0 Å². The molecule has 0 aliphatic carbocycles. The Morgan fingerprint density at radius 3 is 3.00 bits per heavy atom. The Labute approximate surface area is 105 Å². The van der Waals surface area contributed by atoms with Gasteiger partial charge in [-0.05, 0) is 47.7 Å². The predicted molar refractivity (Wildman–Crippen MR) is 70.5 cm³/mol. The summed E-state index contributed by atoms with van der Waals surface area (Å²) in [5.41, 5.74) is 0. The fraction of sp³-hybridized carbons (Fsp3) is 0.182. The molecule has 0 saturated carbocycles. The van der Waals surface area contributed by atoms with Crippen LogP contribution in [0.3, 0.4) is 0 Å². The zero-order valence-corrected chi connectivity index (χ0v) is 11.1. The van der Waals surface area contributed by atoms with Crippen LogP contribution in [-0.4, -0.2) is 12.6 Å². The van der Waals surface area contributed by atoms with E-state index in [0.29, 0.717) is 11.5 Å². The molecule has 0 unspecified atom stereocenters. The quantitative estimate of drug-likeness (QED) is 0.619. The Morgan fingerprint density at radius 1 is 1.53 bits per heavy atom. The van der Waals surface area contributed by atoms with Crippen molar-refractivity contribution in [2.45, 2.75) is 6.92 Å². The normalized spacial score (nSPS) is 10.5. The monoisotopic (exact) mass is 332 g/mol. The number of benzene rings is 1. The second-order valence-corrected chi connectivity index (χ2v) is 5.23. The average molecular weight is 332 g/mol. The van der Waals surface area contributed by atoms with Crippen LogP contribution in [-0.2, 0) is 4.74 Å². The van der Waals surface area contributed by atoms with Gasteiger partial charge in [-0.25, -0.2) is 4.79 Å². The molecule has 78 valence electrons. The maximum Gasteiger partial charge on any atom is 0.348 e. The zero-order chi connectivity index (χ0) is 10.8. The second-order valence-electron chi connectivity index (χ2n) is 2.98. The molecule has 1 aromatic carbocycles. The van der Waals surface area contributed by atoms with Crippen molar-refractivity contribution in [3.63, 3.8) is 0 Å². The van der Waals surface area contributed by atoms with E-state index in [4.69, 9.17) is 4.74 Å². The third kappa shape index (κ3) is 2.15. The van der Waals surface area contributed by atoms with Crippen molar-refractivity contribution in [3.05, 3.63) is 32.7 Å². The molecule has 0 aliphatic heterocycles. The van der Waals surface area contributed by atoms with Crippen molar-refractivity contribution in [1.29, 1.82) is 0 Å². The Hall–Kier alpha value is -0.620. The SMILES string of the molecule is CCOC(=O)c1cc2c(I)cccc2s1. The number of halogens is 1. The number of fused-ring (bicyclic) bond motifs is 1. The second kappa shape index (κ2) is 4.49. The summed E-state index contributed by atoms with van der Waals surface area (Å²) < 4.78 is 7.26. The molecule has 0 radical (unpaired) electrons. The highest BCUT2D eigenvalue weighted by Gasteiger charge is 2.11. The predicted octanol–water partition coefficient (Wildman–Crippen LogP) is 3.68. The molecule has 4 heteroatoms. The summed E-state index contributed by atoms with van der Waals surface area (Å²) >= 11 is 3.75. The van der Waals surface area contributed by atoms with Crippen molar-refractivity contribution >= 4 is 50.0 Å². The third-order valence-corrected chi connectivity index (χ3v) is 4.01. The van der Waals surface area contributed by atoms with Gasteiger partial charge in [-0.3, -0.25) is 0 Å². The van der Waals surface area contributed by atoms with Crippen LogP contribution in [0.15, 0.2) is 24.3 Å². The molecule has 1 aromatic heterocycles. The molecule has 2 nitrogen and oxygen atoms in total. The summed E-state index contributed by atoms with van der Waals surface area (Å²) in [5, 5.41) is 1.13. The van der Waals surface area contributed by atoms with Crippen LogP contribution in [0.25, 0.3) is 10.1 Å². The number of carbonyl (C=O) groups excluding carboxylic acids is 1. The Morgan fingerprint density at radius 2 is 2.33 bits per heavy atom. The lowest BCUT2D eigenvalue weighted by atomic mass is 10.2. The molecule has 1 heterocycles. The van der Waals surface area contributed by atoms with Crippen LogP contribution >= 0.6 is 33.9 Å². The molecular formula is C11H9IO2S. The molecule has 15 heavy (non-hydrogen) atoms. The number of thiophene rings is 1. The van der Waals surface area contributed by atoms with E-state index in [0.717, 1.165) is 13.7 Å². The molecule has 0 amide bonds. The van der Waals surface area contributed by atoms with E-state index in [1.54, 1.807) is 0 Å². The van der Waals surface area contributed by atoms with E-state index in [2.05, 4.69) is 22.6 Å². The van der Waals surface area contributed by atoms with E-state index in [-0.39, 0.29) is 5.97 Å². The number of ether oxygens (including phenoxy) is 1. The van der Waals surface area contributed by atoms with Gasteiger partial charge < -0.3 is 4.74 Å². The summed E-state index contributed by atoms with van der Waals surface area (Å²) in [6, 6.07) is 7.95. The van der Waals surface area contributed by atoms with Gasteiger partial charge in [-0.15, -0.1) is 11.3 Å². The highest BCUT2D eigenvalue weighted by atomic mass is 127. The number of hydrogen-bond donors (Lipinski definition) is 0. The minimum absolute atomic E-state index is 0.227. The topological polar surface area (TPSA) is 26.3 Å². The molecule has 0 atom stereocenters. The van der Waals surface area contributed by atoms with E-state index in [1.165, 1.54) is 11.3 Å². The molecule has 0 fully saturated rings. The maximum absolute atomic E-state index is 11.5. The third-order valence-electron chi connectivity index (χ3n) is 1.98. The smallest absolute Gasteiger partial charge is 0.348 e. The summed E-state index contributed by atoms with van der Waals surface area (Å²) in [7, 11) is 0. The van der Waals surface area contributed by atoms with E-state index < -0.39 is 0 Å². The standard InChI is InChI=1S/C11H9IO2S/c1-2-14-11(13)10-6-7-8(12)4-3-5-9(7)15-10/h3-6H,2H2,1H3. The Kier molecular flexibility index (Phi) is 3.25. The molecular weight excluding hydrogens is 323 g/mol. The number of esters is 1. The maximum atomic E-state index is 11.5. The molecule has 2 rings (SSSR count). The van der Waals surface area contributed by atoms with Crippen molar-refractivity contribution in [2.75, 3.05) is 6.61 Å². The lowest BCUT2D eigenvalue weighted by Crippen LogP contribution is -2.01. The molecule has 0 spiro atoms. The Bertz CT molecular complexity index is 504. The zero-order valence-electron chi connectivity index (χ0n) is 8.12. The van der Waals surface area contributed by atoms with E-state index in [9.17, 15) is 4.79 Å². The van der Waals surface area contributed by atoms with Crippen LogP contribution < -0.4 is 0 Å². The van der Waals surface area contributed by atoms with Crippen molar-refractivity contribution < 1.29 is 9.53 Å². The van der Waals surface area contributed by atoms with Gasteiger partial charge in [0, 0.05) is 13.7 Å². The summed E-state index contributed by atoms with van der Waals surface area (Å²) in [4.78, 5) is 12.2. The summed E-state index contributed by atoms with van der Waals surface area (Å²) in [6.45, 7) is 2.24. The minimum atomic E-state index is -0.227. The van der Waals surface area contributed by atoms with Crippen LogP contribution in [0, 0.1) is 3.57 Å². The van der Waals surface area contributed by atoms with E-state index in [1.807, 2.05) is 31.2 Å². The molecule has 0 aliphatic rings. The number of carbonyl (C=O) groups is 1. The first-order valence-electron chi connectivity index (χ1n) is 4.57. The van der Waals surface area contributed by atoms with Crippen molar-refractivity contribution in [3.8, 4) is 0 Å². The fourth-order valence-corrected chi connectivity index (χ4v) is 3.15. The number of hydrogen-bond acceptors (Lipinski definition) is 3. The molecule has 2 aromatic rings. The highest BCUT2D eigenvalue weighted by Crippen LogP contribution is 2.29. The van der Waals surface area contributed by atoms with Gasteiger partial charge in [-0.1, -0.05) is 6.07 Å². The first-order chi connectivity index (χ1) is 7.22. The van der Waals surface area contributed by atoms with Gasteiger partial charge in [0.25, 0.3) is 0 Å². The molecule has 0 saturated heterocycles. The lowest BCUT2D eigenvalue weighted by Gasteiger charge is -1.95. The molecule has 0 N–H and O–H groups in total. The van der Waals surface area contributed by atoms with Crippen LogP contribution in [0.1, 0.15) is 16.6 Å². The van der Waals surface area contributed by atoms with Gasteiger partial charge in [-0.2, -0.15) is 0 Å². The average Bonchev–Trinajstić information content (AvgIpc) is 2.63. The van der Waals surface area contributed by atoms with Gasteiger partial charge in [0.15, 0.2) is 0 Å². The minimum Gasteiger partial charge on any atom is -0.462 e. The van der Waals surface area contributed by atoms with Crippen LogP contribution in [0.4, 0.5) is 0 Å². The van der Waals surface area contributed by atoms with Gasteiger partial charge in [0.2, 0.25) is 0 Å². The summed E-state index contributed by atoms with van der Waals surface area (Å²) in [5.74, 6) is -0.227. The fourth-order valence-electron chi connectivity index (χ4n) is 1.33. The van der Waals surface area contributed by atoms with E-state index >= 15 is 0 Å². The largest absolute Gasteiger partial charge is 0.462 e. The van der Waals surface area contributed by atoms with Crippen LogP contribution in [0.2, 0.25) is 0 Å². The highest BCUT2D eigenvalue weighted by molar-refractivity contribution is 14.1. The van der Waals surface area contributed by atoms with Gasteiger partial charge in [0.1, 0.15) is 4.88 Å². The van der Waals surface area contributed by atoms with Crippen LogP contribution in [0.5, 0.6) is 0 Å². The van der Waals surface area contributed by atoms with Crippen molar-refractivity contribution in [2.24, 2.45) is 0 Å². The number of rotatable bonds is 2. The first-order valence-corrected chi connectivity index (χ1v) is 6.47. The van der Waals surface area contributed by atoms with Gasteiger partial charge in [0.05, 0.1) is 6.61 Å². The van der Waals surface area contributed by atoms with Gasteiger partial charge >= 0.3 is 5.97 Å². The molecule has 0 bridgehead atoms. The summed E-state index contributed by atoms with van der Waals surface area (Å²) in [6.07, 6.45) is 0. The lowest BCUT2D eigenvalue weighted by molar-refractivity contribution is 0.0532.